The van der Waals surface area contributed by atoms with E-state index in [1.807, 2.05) is 32.9 Å². The standard InChI is InChI=1S/C18H26N6OS/c1-5-19-18(21-11-17-23-13(3)14(4)26-17)20-10-9-16(25)24-15-8-6-7-12(2)22-15/h6-8H,5,9-11H2,1-4H3,(H2,19,20,21)(H,22,24,25). The van der Waals surface area contributed by atoms with E-state index in [4.69, 9.17) is 0 Å². The molecule has 0 unspecified atom stereocenters. The summed E-state index contributed by atoms with van der Waals surface area (Å²) >= 11 is 1.66. The van der Waals surface area contributed by atoms with E-state index in [9.17, 15) is 4.79 Å². The molecule has 26 heavy (non-hydrogen) atoms. The van der Waals surface area contributed by atoms with E-state index in [0.717, 1.165) is 22.9 Å². The van der Waals surface area contributed by atoms with Crippen LogP contribution in [0.4, 0.5) is 5.82 Å². The van der Waals surface area contributed by atoms with Crippen molar-refractivity contribution in [3.05, 3.63) is 39.5 Å². The predicted molar refractivity (Wildman–Crippen MR) is 107 cm³/mol. The van der Waals surface area contributed by atoms with Crippen molar-refractivity contribution in [2.75, 3.05) is 18.4 Å². The van der Waals surface area contributed by atoms with Crippen LogP contribution < -0.4 is 16.0 Å². The van der Waals surface area contributed by atoms with Gasteiger partial charge in [0.05, 0.1) is 12.2 Å². The number of hydrogen-bond acceptors (Lipinski definition) is 5. The SMILES string of the molecule is CCNC(=NCc1nc(C)c(C)s1)NCCC(=O)Nc1cccc(C)n1. The molecule has 2 aromatic rings. The molecule has 0 saturated heterocycles. The van der Waals surface area contributed by atoms with Crippen LogP contribution in [0.3, 0.4) is 0 Å². The molecule has 2 aromatic heterocycles. The highest BCUT2D eigenvalue weighted by Gasteiger charge is 2.06. The lowest BCUT2D eigenvalue weighted by atomic mass is 10.3. The van der Waals surface area contributed by atoms with E-state index in [-0.39, 0.29) is 5.91 Å². The van der Waals surface area contributed by atoms with Gasteiger partial charge in [-0.25, -0.2) is 15.0 Å². The van der Waals surface area contributed by atoms with Crippen molar-refractivity contribution in [2.45, 2.75) is 40.7 Å². The second-order valence-electron chi connectivity index (χ2n) is 5.83. The van der Waals surface area contributed by atoms with Crippen molar-refractivity contribution in [1.82, 2.24) is 20.6 Å². The third kappa shape index (κ3) is 6.44. The number of thiazole rings is 1. The molecule has 0 bridgehead atoms. The Morgan fingerprint density at radius 1 is 1.19 bits per heavy atom. The zero-order chi connectivity index (χ0) is 18.9. The number of anilines is 1. The van der Waals surface area contributed by atoms with Gasteiger partial charge < -0.3 is 16.0 Å². The van der Waals surface area contributed by atoms with Gasteiger partial charge in [-0.3, -0.25) is 4.79 Å². The highest BCUT2D eigenvalue weighted by Crippen LogP contribution is 2.16. The minimum atomic E-state index is -0.0855. The number of guanidine groups is 1. The largest absolute Gasteiger partial charge is 0.357 e. The Morgan fingerprint density at radius 3 is 2.65 bits per heavy atom. The average molecular weight is 375 g/mol. The fourth-order valence-corrected chi connectivity index (χ4v) is 3.07. The first-order valence-corrected chi connectivity index (χ1v) is 9.48. The third-order valence-electron chi connectivity index (χ3n) is 3.59. The number of aromatic nitrogens is 2. The van der Waals surface area contributed by atoms with E-state index in [1.54, 1.807) is 17.4 Å². The van der Waals surface area contributed by atoms with Gasteiger partial charge in [-0.1, -0.05) is 6.07 Å². The van der Waals surface area contributed by atoms with Crippen molar-refractivity contribution in [1.29, 1.82) is 0 Å². The first-order valence-electron chi connectivity index (χ1n) is 8.66. The van der Waals surface area contributed by atoms with Gasteiger partial charge in [0.1, 0.15) is 10.8 Å². The summed E-state index contributed by atoms with van der Waals surface area (Å²) in [6.07, 6.45) is 0.329. The molecular weight excluding hydrogens is 348 g/mol. The lowest BCUT2D eigenvalue weighted by Crippen LogP contribution is -2.38. The Bertz CT molecular complexity index is 751. The number of nitrogens with one attached hydrogen (secondary N) is 3. The van der Waals surface area contributed by atoms with Gasteiger partial charge in [-0.2, -0.15) is 0 Å². The molecule has 2 heterocycles. The van der Waals surface area contributed by atoms with Crippen LogP contribution >= 0.6 is 11.3 Å². The second kappa shape index (κ2) is 9.86. The number of hydrogen-bond donors (Lipinski definition) is 3. The fraction of sp³-hybridized carbons (Fsp3) is 0.444. The Hall–Kier alpha value is -2.48. The molecule has 0 aliphatic rings. The van der Waals surface area contributed by atoms with Crippen LogP contribution in [0, 0.1) is 20.8 Å². The van der Waals surface area contributed by atoms with Gasteiger partial charge >= 0.3 is 0 Å². The van der Waals surface area contributed by atoms with Crippen molar-refractivity contribution >= 4 is 29.0 Å². The Kier molecular flexibility index (Phi) is 7.53. The summed E-state index contributed by atoms with van der Waals surface area (Å²) in [5.41, 5.74) is 1.93. The number of carbonyl (C=O) groups is 1. The fourth-order valence-electron chi connectivity index (χ4n) is 2.21. The van der Waals surface area contributed by atoms with Gasteiger partial charge in [0.25, 0.3) is 0 Å². The van der Waals surface area contributed by atoms with Crippen molar-refractivity contribution in [3.8, 4) is 0 Å². The van der Waals surface area contributed by atoms with Gasteiger partial charge in [-0.05, 0) is 39.8 Å². The number of amides is 1. The molecule has 7 nitrogen and oxygen atoms in total. The summed E-state index contributed by atoms with van der Waals surface area (Å²) in [5.74, 6) is 1.17. The first-order chi connectivity index (χ1) is 12.5. The lowest BCUT2D eigenvalue weighted by Gasteiger charge is -2.11. The zero-order valence-electron chi connectivity index (χ0n) is 15.7. The first kappa shape index (κ1) is 19.8. The van der Waals surface area contributed by atoms with Crippen LogP contribution in [-0.2, 0) is 11.3 Å². The summed E-state index contributed by atoms with van der Waals surface area (Å²) < 4.78 is 0. The van der Waals surface area contributed by atoms with Crippen molar-refractivity contribution in [2.24, 2.45) is 4.99 Å². The third-order valence-corrected chi connectivity index (χ3v) is 4.65. The summed E-state index contributed by atoms with van der Waals surface area (Å²) in [7, 11) is 0. The number of aryl methyl sites for hydroxylation is 3. The lowest BCUT2D eigenvalue weighted by molar-refractivity contribution is -0.116. The predicted octanol–water partition coefficient (Wildman–Crippen LogP) is 2.55. The average Bonchev–Trinajstić information content (AvgIpc) is 2.91. The number of pyridine rings is 1. The normalized spacial score (nSPS) is 11.3. The number of rotatable bonds is 7. The van der Waals surface area contributed by atoms with E-state index in [0.29, 0.717) is 31.3 Å². The molecule has 8 heteroatoms. The van der Waals surface area contributed by atoms with E-state index >= 15 is 0 Å². The maximum absolute atomic E-state index is 12.0. The highest BCUT2D eigenvalue weighted by molar-refractivity contribution is 7.11. The van der Waals surface area contributed by atoms with Crippen molar-refractivity contribution in [3.63, 3.8) is 0 Å². The molecule has 0 aromatic carbocycles. The van der Waals surface area contributed by atoms with Crippen LogP contribution in [0.15, 0.2) is 23.2 Å². The Labute approximate surface area is 158 Å². The topological polar surface area (TPSA) is 91.3 Å². The summed E-state index contributed by atoms with van der Waals surface area (Å²) in [5, 5.41) is 10.1. The van der Waals surface area contributed by atoms with Crippen LogP contribution in [0.1, 0.15) is 34.6 Å². The minimum absolute atomic E-state index is 0.0855. The molecule has 0 aliphatic heterocycles. The molecule has 0 saturated carbocycles. The molecule has 140 valence electrons. The smallest absolute Gasteiger partial charge is 0.227 e. The molecule has 0 atom stereocenters. The minimum Gasteiger partial charge on any atom is -0.357 e. The van der Waals surface area contributed by atoms with E-state index in [2.05, 4.69) is 37.8 Å². The van der Waals surface area contributed by atoms with E-state index < -0.39 is 0 Å². The molecule has 1 amide bonds. The number of nitrogens with zero attached hydrogens (tertiary/aromatic N) is 3. The summed E-state index contributed by atoms with van der Waals surface area (Å²) in [6, 6.07) is 5.54. The van der Waals surface area contributed by atoms with Crippen LogP contribution in [0.25, 0.3) is 0 Å². The Balaban J connectivity index is 1.81. The van der Waals surface area contributed by atoms with Crippen LogP contribution in [0.2, 0.25) is 0 Å². The van der Waals surface area contributed by atoms with Gasteiger partial charge in [-0.15, -0.1) is 11.3 Å². The monoisotopic (exact) mass is 374 g/mol. The molecule has 0 spiro atoms. The van der Waals surface area contributed by atoms with Crippen molar-refractivity contribution < 1.29 is 4.79 Å². The highest BCUT2D eigenvalue weighted by atomic mass is 32.1. The van der Waals surface area contributed by atoms with Gasteiger partial charge in [0, 0.05) is 30.1 Å². The van der Waals surface area contributed by atoms with Gasteiger partial charge in [0.2, 0.25) is 5.91 Å². The maximum Gasteiger partial charge on any atom is 0.227 e. The quantitative estimate of drug-likeness (QED) is 0.512. The van der Waals surface area contributed by atoms with Gasteiger partial charge in [0.15, 0.2) is 5.96 Å². The number of carbonyl (C=O) groups excluding carboxylic acids is 1. The molecular formula is C18H26N6OS. The summed E-state index contributed by atoms with van der Waals surface area (Å²) in [4.78, 5) is 26.5. The van der Waals surface area contributed by atoms with E-state index in [1.165, 1.54) is 4.88 Å². The second-order valence-corrected chi connectivity index (χ2v) is 7.12. The Morgan fingerprint density at radius 2 is 2.00 bits per heavy atom. The number of aliphatic imine (C=N–C) groups is 1. The van der Waals surface area contributed by atoms with Crippen LogP contribution in [-0.4, -0.2) is 34.9 Å². The molecule has 0 fully saturated rings. The zero-order valence-corrected chi connectivity index (χ0v) is 16.5. The maximum atomic E-state index is 12.0. The summed E-state index contributed by atoms with van der Waals surface area (Å²) in [6.45, 7) is 9.72. The molecule has 0 radical (unpaired) electrons. The van der Waals surface area contributed by atoms with Crippen LogP contribution in [0.5, 0.6) is 0 Å². The molecule has 2 rings (SSSR count). The molecule has 3 N–H and O–H groups in total. The molecule has 0 aliphatic carbocycles.